The minimum atomic E-state index is -0.0997. The maximum absolute atomic E-state index is 11.9. The van der Waals surface area contributed by atoms with E-state index in [4.69, 9.17) is 4.98 Å². The predicted molar refractivity (Wildman–Crippen MR) is 85.3 cm³/mol. The lowest BCUT2D eigenvalue weighted by atomic mass is 9.91. The van der Waals surface area contributed by atoms with E-state index < -0.39 is 0 Å². The first-order chi connectivity index (χ1) is 9.86. The number of aromatic nitrogens is 2. The number of fused-ring (bicyclic) bond motifs is 1. The summed E-state index contributed by atoms with van der Waals surface area (Å²) in [6.07, 6.45) is 2.01. The Hall–Kier alpha value is -1.17. The van der Waals surface area contributed by atoms with E-state index in [9.17, 15) is 4.79 Å². The molecule has 3 rings (SSSR count). The third kappa shape index (κ3) is 2.78. The molecule has 0 spiro atoms. The molecule has 0 bridgehead atoms. The zero-order valence-corrected chi connectivity index (χ0v) is 14.3. The zero-order chi connectivity index (χ0) is 15.2. The first-order valence-corrected chi connectivity index (χ1v) is 8.25. The van der Waals surface area contributed by atoms with Gasteiger partial charge >= 0.3 is 0 Å². The fraction of sp³-hybridized carbons (Fsp3) is 0.667. The van der Waals surface area contributed by atoms with Gasteiger partial charge in [-0.15, -0.1) is 0 Å². The van der Waals surface area contributed by atoms with Crippen LogP contribution in [0.15, 0.2) is 10.7 Å². The second-order valence-electron chi connectivity index (χ2n) is 6.88. The molecule has 2 aliphatic heterocycles. The lowest BCUT2D eigenvalue weighted by Gasteiger charge is -2.37. The molecule has 1 amide bonds. The first-order valence-electron chi connectivity index (χ1n) is 7.45. The van der Waals surface area contributed by atoms with Gasteiger partial charge in [0.25, 0.3) is 0 Å². The van der Waals surface area contributed by atoms with Gasteiger partial charge in [-0.3, -0.25) is 4.79 Å². The van der Waals surface area contributed by atoms with Gasteiger partial charge in [0.05, 0.1) is 12.0 Å². The van der Waals surface area contributed by atoms with Gasteiger partial charge in [-0.25, -0.2) is 9.97 Å². The molecule has 1 aromatic rings. The normalized spacial score (nSPS) is 25.7. The summed E-state index contributed by atoms with van der Waals surface area (Å²) in [5.41, 5.74) is -0.0997. The van der Waals surface area contributed by atoms with Crippen LogP contribution in [-0.4, -0.2) is 35.0 Å². The summed E-state index contributed by atoms with van der Waals surface area (Å²) >= 11 is 3.50. The third-order valence-electron chi connectivity index (χ3n) is 4.25. The Morgan fingerprint density at radius 1 is 1.38 bits per heavy atom. The third-order valence-corrected chi connectivity index (χ3v) is 4.65. The smallest absolute Gasteiger partial charge is 0.225 e. The molecule has 3 heterocycles. The van der Waals surface area contributed by atoms with Crippen molar-refractivity contribution in [2.75, 3.05) is 18.0 Å². The van der Waals surface area contributed by atoms with Crippen LogP contribution in [0.3, 0.4) is 0 Å². The standard InChI is InChI=1S/C15H21BrN4O/c1-15(2,3)14-18-11(16)7-12(19-14)20-6-4-5-9-10(20)8-17-13(9)21/h7,9-10H,4-6,8H2,1-3H3,(H,17,21). The van der Waals surface area contributed by atoms with Gasteiger partial charge in [-0.1, -0.05) is 20.8 Å². The summed E-state index contributed by atoms with van der Waals surface area (Å²) in [6.45, 7) is 7.99. The van der Waals surface area contributed by atoms with Crippen LogP contribution in [0.4, 0.5) is 5.82 Å². The van der Waals surface area contributed by atoms with E-state index in [1.807, 2.05) is 6.07 Å². The summed E-state index contributed by atoms with van der Waals surface area (Å²) in [6, 6.07) is 2.18. The molecule has 0 aliphatic carbocycles. The molecule has 114 valence electrons. The fourth-order valence-electron chi connectivity index (χ4n) is 3.12. The van der Waals surface area contributed by atoms with Crippen molar-refractivity contribution in [3.63, 3.8) is 0 Å². The molecule has 6 heteroatoms. The van der Waals surface area contributed by atoms with Crippen LogP contribution in [0, 0.1) is 5.92 Å². The number of rotatable bonds is 1. The summed E-state index contributed by atoms with van der Waals surface area (Å²) in [4.78, 5) is 23.4. The maximum atomic E-state index is 11.9. The molecule has 2 saturated heterocycles. The van der Waals surface area contributed by atoms with Crippen LogP contribution in [0.5, 0.6) is 0 Å². The summed E-state index contributed by atoms with van der Waals surface area (Å²) in [5, 5.41) is 2.99. The van der Waals surface area contributed by atoms with Gasteiger partial charge in [0.15, 0.2) is 0 Å². The number of nitrogens with one attached hydrogen (secondary N) is 1. The SMILES string of the molecule is CC(C)(C)c1nc(Br)cc(N2CCCC3C(=O)NCC32)n1. The van der Waals surface area contributed by atoms with Crippen molar-refractivity contribution in [2.24, 2.45) is 5.92 Å². The zero-order valence-electron chi connectivity index (χ0n) is 12.7. The highest BCUT2D eigenvalue weighted by Crippen LogP contribution is 2.32. The molecule has 21 heavy (non-hydrogen) atoms. The largest absolute Gasteiger partial charge is 0.354 e. The van der Waals surface area contributed by atoms with Gasteiger partial charge in [-0.2, -0.15) is 0 Å². The summed E-state index contributed by atoms with van der Waals surface area (Å²) < 4.78 is 0.803. The first kappa shape index (κ1) is 14.8. The Labute approximate surface area is 133 Å². The van der Waals surface area contributed by atoms with Crippen molar-refractivity contribution in [3.8, 4) is 0 Å². The Morgan fingerprint density at radius 2 is 2.14 bits per heavy atom. The van der Waals surface area contributed by atoms with E-state index in [1.165, 1.54) is 0 Å². The van der Waals surface area contributed by atoms with Crippen LogP contribution < -0.4 is 10.2 Å². The number of halogens is 1. The molecule has 2 atom stereocenters. The van der Waals surface area contributed by atoms with Crippen LogP contribution in [-0.2, 0) is 10.2 Å². The van der Waals surface area contributed by atoms with E-state index in [-0.39, 0.29) is 23.3 Å². The molecule has 5 nitrogen and oxygen atoms in total. The highest BCUT2D eigenvalue weighted by atomic mass is 79.9. The molecule has 1 aromatic heterocycles. The number of nitrogens with zero attached hydrogens (tertiary/aromatic N) is 3. The fourth-order valence-corrected chi connectivity index (χ4v) is 3.50. The van der Waals surface area contributed by atoms with Crippen molar-refractivity contribution in [3.05, 3.63) is 16.5 Å². The maximum Gasteiger partial charge on any atom is 0.225 e. The topological polar surface area (TPSA) is 58.1 Å². The number of hydrogen-bond acceptors (Lipinski definition) is 4. The molecule has 1 N–H and O–H groups in total. The van der Waals surface area contributed by atoms with Crippen LogP contribution in [0.25, 0.3) is 0 Å². The highest BCUT2D eigenvalue weighted by molar-refractivity contribution is 9.10. The predicted octanol–water partition coefficient (Wildman–Crippen LogP) is 2.25. The molecule has 0 saturated carbocycles. The van der Waals surface area contributed by atoms with Gasteiger partial charge in [0, 0.05) is 24.6 Å². The minimum Gasteiger partial charge on any atom is -0.354 e. The lowest BCUT2D eigenvalue weighted by molar-refractivity contribution is -0.122. The summed E-state index contributed by atoms with van der Waals surface area (Å²) in [5.74, 6) is 2.04. The minimum absolute atomic E-state index is 0.0997. The Kier molecular flexibility index (Phi) is 3.67. The van der Waals surface area contributed by atoms with Crippen LogP contribution in [0.1, 0.15) is 39.4 Å². The Balaban J connectivity index is 1.96. The molecule has 2 fully saturated rings. The van der Waals surface area contributed by atoms with Gasteiger partial charge in [0.1, 0.15) is 16.2 Å². The quantitative estimate of drug-likeness (QED) is 0.787. The number of hydrogen-bond donors (Lipinski definition) is 1. The van der Waals surface area contributed by atoms with Crippen molar-refractivity contribution in [1.82, 2.24) is 15.3 Å². The monoisotopic (exact) mass is 352 g/mol. The average Bonchev–Trinajstić information content (AvgIpc) is 2.79. The van der Waals surface area contributed by atoms with Gasteiger partial charge < -0.3 is 10.2 Å². The molecule has 0 radical (unpaired) electrons. The average molecular weight is 353 g/mol. The van der Waals surface area contributed by atoms with Crippen molar-refractivity contribution >= 4 is 27.7 Å². The van der Waals surface area contributed by atoms with E-state index in [1.54, 1.807) is 0 Å². The molecular weight excluding hydrogens is 332 g/mol. The second kappa shape index (κ2) is 5.23. The van der Waals surface area contributed by atoms with Crippen molar-refractivity contribution in [2.45, 2.75) is 45.1 Å². The Bertz CT molecular complexity index is 569. The van der Waals surface area contributed by atoms with E-state index in [0.717, 1.165) is 42.2 Å². The molecule has 0 aromatic carbocycles. The van der Waals surface area contributed by atoms with E-state index >= 15 is 0 Å². The van der Waals surface area contributed by atoms with E-state index in [0.29, 0.717) is 0 Å². The number of carbonyl (C=O) groups is 1. The van der Waals surface area contributed by atoms with Gasteiger partial charge in [-0.05, 0) is 28.8 Å². The summed E-state index contributed by atoms with van der Waals surface area (Å²) in [7, 11) is 0. The number of amides is 1. The van der Waals surface area contributed by atoms with Gasteiger partial charge in [0.2, 0.25) is 5.91 Å². The second-order valence-corrected chi connectivity index (χ2v) is 7.69. The van der Waals surface area contributed by atoms with Crippen LogP contribution >= 0.6 is 15.9 Å². The van der Waals surface area contributed by atoms with Crippen LogP contribution in [0.2, 0.25) is 0 Å². The lowest BCUT2D eigenvalue weighted by Crippen LogP contribution is -2.46. The molecule has 2 aliphatic rings. The molecular formula is C15H21BrN4O. The van der Waals surface area contributed by atoms with Crippen molar-refractivity contribution < 1.29 is 4.79 Å². The Morgan fingerprint density at radius 3 is 2.86 bits per heavy atom. The van der Waals surface area contributed by atoms with E-state index in [2.05, 4.69) is 51.9 Å². The highest BCUT2D eigenvalue weighted by Gasteiger charge is 2.41. The van der Waals surface area contributed by atoms with Crippen molar-refractivity contribution in [1.29, 1.82) is 0 Å². The number of anilines is 1. The number of piperidine rings is 1. The molecule has 2 unspecified atom stereocenters. The number of carbonyl (C=O) groups excluding carboxylic acids is 1.